The lowest BCUT2D eigenvalue weighted by Gasteiger charge is -2.22. The van der Waals surface area contributed by atoms with Crippen molar-refractivity contribution in [2.45, 2.75) is 52.9 Å². The summed E-state index contributed by atoms with van der Waals surface area (Å²) >= 11 is 0. The third-order valence-electron chi connectivity index (χ3n) is 3.91. The number of nitrogens with one attached hydrogen (secondary N) is 2. The smallest absolute Gasteiger partial charge is 0.191 e. The second-order valence-electron chi connectivity index (χ2n) is 7.05. The quantitative estimate of drug-likeness (QED) is 0.489. The average molecular weight is 373 g/mol. The maximum Gasteiger partial charge on any atom is 0.191 e. The SMILES string of the molecule is CCNC(=NCc1cccc(OC(C)C)c1)NCC(C)(O)c1ccc(C)o1. The second kappa shape index (κ2) is 9.46. The summed E-state index contributed by atoms with van der Waals surface area (Å²) in [5, 5.41) is 17.0. The Bertz CT molecular complexity index is 751. The Morgan fingerprint density at radius 1 is 1.26 bits per heavy atom. The molecule has 0 aliphatic carbocycles. The highest BCUT2D eigenvalue weighted by atomic mass is 16.5. The summed E-state index contributed by atoms with van der Waals surface area (Å²) in [6.45, 7) is 11.1. The average Bonchev–Trinajstić information content (AvgIpc) is 3.04. The summed E-state index contributed by atoms with van der Waals surface area (Å²) in [5.41, 5.74) is -0.0751. The number of hydrogen-bond acceptors (Lipinski definition) is 4. The van der Waals surface area contributed by atoms with Crippen LogP contribution in [0.25, 0.3) is 0 Å². The molecule has 0 saturated heterocycles. The van der Waals surface area contributed by atoms with Crippen LogP contribution in [0, 0.1) is 6.92 Å². The summed E-state index contributed by atoms with van der Waals surface area (Å²) in [4.78, 5) is 4.60. The third kappa shape index (κ3) is 6.64. The van der Waals surface area contributed by atoms with Crippen LogP contribution in [-0.2, 0) is 12.1 Å². The van der Waals surface area contributed by atoms with Crippen molar-refractivity contribution >= 4 is 5.96 Å². The number of rotatable bonds is 8. The van der Waals surface area contributed by atoms with E-state index in [1.54, 1.807) is 13.0 Å². The van der Waals surface area contributed by atoms with Gasteiger partial charge in [-0.05, 0) is 64.4 Å². The molecule has 1 unspecified atom stereocenters. The van der Waals surface area contributed by atoms with Gasteiger partial charge < -0.3 is 24.9 Å². The molecule has 2 rings (SSSR count). The van der Waals surface area contributed by atoms with Gasteiger partial charge in [0, 0.05) is 6.54 Å². The Morgan fingerprint density at radius 2 is 2.04 bits per heavy atom. The predicted octanol–water partition coefficient (Wildman–Crippen LogP) is 3.34. The Hall–Kier alpha value is -2.47. The number of ether oxygens (including phenoxy) is 1. The van der Waals surface area contributed by atoms with Crippen LogP contribution < -0.4 is 15.4 Å². The van der Waals surface area contributed by atoms with E-state index in [4.69, 9.17) is 9.15 Å². The Balaban J connectivity index is 2.01. The van der Waals surface area contributed by atoms with Crippen molar-refractivity contribution in [1.82, 2.24) is 10.6 Å². The van der Waals surface area contributed by atoms with Gasteiger partial charge in [-0.2, -0.15) is 0 Å². The molecule has 3 N–H and O–H groups in total. The molecule has 27 heavy (non-hydrogen) atoms. The number of guanidine groups is 1. The molecule has 1 atom stereocenters. The molecule has 0 amide bonds. The van der Waals surface area contributed by atoms with E-state index in [1.165, 1.54) is 0 Å². The maximum absolute atomic E-state index is 10.7. The van der Waals surface area contributed by atoms with Gasteiger partial charge in [0.25, 0.3) is 0 Å². The Kier molecular flexibility index (Phi) is 7.30. The monoisotopic (exact) mass is 373 g/mol. The fourth-order valence-electron chi connectivity index (χ4n) is 2.57. The van der Waals surface area contributed by atoms with E-state index in [1.807, 2.05) is 58.0 Å². The fraction of sp³-hybridized carbons (Fsp3) is 0.476. The molecule has 0 saturated carbocycles. The first kappa shape index (κ1) is 20.8. The molecule has 148 valence electrons. The first-order valence-corrected chi connectivity index (χ1v) is 9.37. The molecule has 1 heterocycles. The van der Waals surface area contributed by atoms with Crippen molar-refractivity contribution in [3.05, 3.63) is 53.5 Å². The topological polar surface area (TPSA) is 79.0 Å². The number of aliphatic hydroxyl groups is 1. The van der Waals surface area contributed by atoms with Crippen LogP contribution in [0.5, 0.6) is 5.75 Å². The highest BCUT2D eigenvalue weighted by molar-refractivity contribution is 5.79. The van der Waals surface area contributed by atoms with Gasteiger partial charge in [0.2, 0.25) is 0 Å². The van der Waals surface area contributed by atoms with Gasteiger partial charge in [-0.3, -0.25) is 0 Å². The normalized spacial score (nSPS) is 14.1. The van der Waals surface area contributed by atoms with E-state index in [0.29, 0.717) is 18.3 Å². The molecule has 0 spiro atoms. The molecule has 0 radical (unpaired) electrons. The van der Waals surface area contributed by atoms with E-state index >= 15 is 0 Å². The molecule has 6 heteroatoms. The molecule has 0 bridgehead atoms. The zero-order valence-electron chi connectivity index (χ0n) is 16.9. The number of hydrogen-bond donors (Lipinski definition) is 3. The summed E-state index contributed by atoms with van der Waals surface area (Å²) in [5.74, 6) is 2.78. The molecule has 0 aliphatic rings. The van der Waals surface area contributed by atoms with Crippen LogP contribution in [0.15, 0.2) is 45.8 Å². The van der Waals surface area contributed by atoms with E-state index in [-0.39, 0.29) is 12.6 Å². The van der Waals surface area contributed by atoms with E-state index in [0.717, 1.165) is 23.6 Å². The van der Waals surface area contributed by atoms with Crippen LogP contribution in [0.1, 0.15) is 44.8 Å². The van der Waals surface area contributed by atoms with Crippen molar-refractivity contribution in [2.75, 3.05) is 13.1 Å². The Morgan fingerprint density at radius 3 is 2.67 bits per heavy atom. The molecule has 2 aromatic rings. The zero-order chi connectivity index (χ0) is 19.9. The minimum atomic E-state index is -1.13. The van der Waals surface area contributed by atoms with Gasteiger partial charge in [0.15, 0.2) is 5.96 Å². The Labute approximate surface area is 161 Å². The molecular formula is C21H31N3O3. The summed E-state index contributed by atoms with van der Waals surface area (Å²) in [6, 6.07) is 11.6. The fourth-order valence-corrected chi connectivity index (χ4v) is 2.57. The predicted molar refractivity (Wildman–Crippen MR) is 108 cm³/mol. The number of benzene rings is 1. The van der Waals surface area contributed by atoms with Crippen molar-refractivity contribution in [1.29, 1.82) is 0 Å². The number of furan rings is 1. The molecule has 0 aliphatic heterocycles. The first-order valence-electron chi connectivity index (χ1n) is 9.37. The third-order valence-corrected chi connectivity index (χ3v) is 3.91. The van der Waals surface area contributed by atoms with Crippen molar-refractivity contribution in [3.8, 4) is 5.75 Å². The maximum atomic E-state index is 10.7. The minimum Gasteiger partial charge on any atom is -0.491 e. The lowest BCUT2D eigenvalue weighted by molar-refractivity contribution is 0.0378. The molecule has 1 aromatic heterocycles. The van der Waals surface area contributed by atoms with Crippen molar-refractivity contribution in [2.24, 2.45) is 4.99 Å². The lowest BCUT2D eigenvalue weighted by atomic mass is 10.0. The molecule has 0 fully saturated rings. The molecule has 6 nitrogen and oxygen atoms in total. The van der Waals surface area contributed by atoms with Gasteiger partial charge in [-0.25, -0.2) is 4.99 Å². The number of nitrogens with zero attached hydrogens (tertiary/aromatic N) is 1. The van der Waals surface area contributed by atoms with Gasteiger partial charge in [-0.15, -0.1) is 0 Å². The standard InChI is InChI=1S/C21H31N3O3/c1-6-22-20(24-14-21(5,25)19-11-10-16(4)27-19)23-13-17-8-7-9-18(12-17)26-15(2)3/h7-12,15,25H,6,13-14H2,1-5H3,(H2,22,23,24). The van der Waals surface area contributed by atoms with Crippen LogP contribution in [-0.4, -0.2) is 30.3 Å². The number of aliphatic imine (C=N–C) groups is 1. The summed E-state index contributed by atoms with van der Waals surface area (Å²) in [6.07, 6.45) is 0.134. The molecule has 1 aromatic carbocycles. The minimum absolute atomic E-state index is 0.134. The summed E-state index contributed by atoms with van der Waals surface area (Å²) in [7, 11) is 0. The van der Waals surface area contributed by atoms with Gasteiger partial charge >= 0.3 is 0 Å². The van der Waals surface area contributed by atoms with Crippen molar-refractivity contribution < 1.29 is 14.3 Å². The van der Waals surface area contributed by atoms with Gasteiger partial charge in [-0.1, -0.05) is 12.1 Å². The largest absolute Gasteiger partial charge is 0.491 e. The van der Waals surface area contributed by atoms with Gasteiger partial charge in [0.1, 0.15) is 22.9 Å². The van der Waals surface area contributed by atoms with Crippen LogP contribution in [0.4, 0.5) is 0 Å². The second-order valence-corrected chi connectivity index (χ2v) is 7.05. The summed E-state index contributed by atoms with van der Waals surface area (Å²) < 4.78 is 11.3. The first-order chi connectivity index (χ1) is 12.8. The van der Waals surface area contributed by atoms with Crippen LogP contribution >= 0.6 is 0 Å². The highest BCUT2D eigenvalue weighted by Crippen LogP contribution is 2.22. The van der Waals surface area contributed by atoms with E-state index in [2.05, 4.69) is 15.6 Å². The van der Waals surface area contributed by atoms with E-state index in [9.17, 15) is 5.11 Å². The highest BCUT2D eigenvalue weighted by Gasteiger charge is 2.27. The van der Waals surface area contributed by atoms with Gasteiger partial charge in [0.05, 0.1) is 19.2 Å². The van der Waals surface area contributed by atoms with E-state index < -0.39 is 5.60 Å². The van der Waals surface area contributed by atoms with Crippen LogP contribution in [0.3, 0.4) is 0 Å². The number of aryl methyl sites for hydroxylation is 1. The van der Waals surface area contributed by atoms with Crippen molar-refractivity contribution in [3.63, 3.8) is 0 Å². The zero-order valence-corrected chi connectivity index (χ0v) is 16.9. The van der Waals surface area contributed by atoms with Crippen LogP contribution in [0.2, 0.25) is 0 Å². The molecular weight excluding hydrogens is 342 g/mol. The lowest BCUT2D eigenvalue weighted by Crippen LogP contribution is -2.44.